The smallest absolute Gasteiger partial charge is 0.0283 e. The van der Waals surface area contributed by atoms with E-state index in [2.05, 4.69) is 29.5 Å². The van der Waals surface area contributed by atoms with Gasteiger partial charge in [-0.05, 0) is 19.8 Å². The van der Waals surface area contributed by atoms with Gasteiger partial charge < -0.3 is 0 Å². The zero-order chi connectivity index (χ0) is 7.94. The summed E-state index contributed by atoms with van der Waals surface area (Å²) in [5, 5.41) is 2.32. The Kier molecular flexibility index (Phi) is 4.24. The van der Waals surface area contributed by atoms with Gasteiger partial charge in [0, 0.05) is 19.6 Å². The van der Waals surface area contributed by atoms with Crippen LogP contribution in [0.15, 0.2) is 12.2 Å². The van der Waals surface area contributed by atoms with Crippen molar-refractivity contribution in [3.63, 3.8) is 0 Å². The highest BCUT2D eigenvalue weighted by Gasteiger charge is 2.07. The molecule has 64 valence electrons. The van der Waals surface area contributed by atoms with Gasteiger partial charge >= 0.3 is 0 Å². The van der Waals surface area contributed by atoms with E-state index in [0.717, 1.165) is 6.54 Å². The SMILES string of the molecule is C/C=C/CNN1CCCCC1. The van der Waals surface area contributed by atoms with E-state index in [0.29, 0.717) is 0 Å². The molecule has 0 unspecified atom stereocenters. The van der Waals surface area contributed by atoms with Crippen LogP contribution in [-0.4, -0.2) is 24.6 Å². The lowest BCUT2D eigenvalue weighted by Gasteiger charge is -2.26. The average molecular weight is 154 g/mol. The maximum atomic E-state index is 3.37. The van der Waals surface area contributed by atoms with Crippen molar-refractivity contribution < 1.29 is 0 Å². The molecule has 0 aromatic carbocycles. The molecule has 2 heteroatoms. The second kappa shape index (κ2) is 5.33. The normalized spacial score (nSPS) is 21.2. The van der Waals surface area contributed by atoms with E-state index in [1.54, 1.807) is 0 Å². The van der Waals surface area contributed by atoms with Crippen LogP contribution in [0.25, 0.3) is 0 Å². The van der Waals surface area contributed by atoms with Crippen LogP contribution in [0.5, 0.6) is 0 Å². The molecule has 0 aliphatic carbocycles. The van der Waals surface area contributed by atoms with Gasteiger partial charge in [0.15, 0.2) is 0 Å². The number of hydrazine groups is 1. The minimum absolute atomic E-state index is 0.983. The molecule has 1 rings (SSSR count). The van der Waals surface area contributed by atoms with Crippen LogP contribution in [0.1, 0.15) is 26.2 Å². The van der Waals surface area contributed by atoms with Gasteiger partial charge in [-0.25, -0.2) is 5.01 Å². The van der Waals surface area contributed by atoms with Gasteiger partial charge in [0.1, 0.15) is 0 Å². The van der Waals surface area contributed by atoms with Gasteiger partial charge in [-0.3, -0.25) is 5.43 Å². The van der Waals surface area contributed by atoms with Crippen molar-refractivity contribution in [2.75, 3.05) is 19.6 Å². The van der Waals surface area contributed by atoms with Crippen LogP contribution >= 0.6 is 0 Å². The average Bonchev–Trinajstić information content (AvgIpc) is 2.07. The van der Waals surface area contributed by atoms with E-state index in [4.69, 9.17) is 0 Å². The molecule has 0 bridgehead atoms. The summed E-state index contributed by atoms with van der Waals surface area (Å²) in [6.45, 7) is 5.48. The maximum Gasteiger partial charge on any atom is 0.0283 e. The van der Waals surface area contributed by atoms with Crippen molar-refractivity contribution in [3.8, 4) is 0 Å². The first-order valence-electron chi connectivity index (χ1n) is 4.53. The number of hydrogen-bond acceptors (Lipinski definition) is 2. The molecular weight excluding hydrogens is 136 g/mol. The third kappa shape index (κ3) is 3.54. The molecule has 11 heavy (non-hydrogen) atoms. The molecule has 0 amide bonds. The summed E-state index contributed by atoms with van der Waals surface area (Å²) >= 11 is 0. The van der Waals surface area contributed by atoms with E-state index in [9.17, 15) is 0 Å². The molecule has 2 nitrogen and oxygen atoms in total. The highest BCUT2D eigenvalue weighted by Crippen LogP contribution is 2.05. The Morgan fingerprint density at radius 1 is 1.27 bits per heavy atom. The summed E-state index contributed by atoms with van der Waals surface area (Å²) in [6.07, 6.45) is 8.33. The van der Waals surface area contributed by atoms with Crippen molar-refractivity contribution in [2.45, 2.75) is 26.2 Å². The molecule has 1 aliphatic heterocycles. The Labute approximate surface area is 69.2 Å². The van der Waals surface area contributed by atoms with Crippen molar-refractivity contribution in [1.82, 2.24) is 10.4 Å². The number of allylic oxidation sites excluding steroid dienone is 1. The summed E-state index contributed by atoms with van der Waals surface area (Å²) in [5.41, 5.74) is 3.37. The molecule has 0 aromatic heterocycles. The monoisotopic (exact) mass is 154 g/mol. The molecule has 1 fully saturated rings. The minimum Gasteiger partial charge on any atom is -0.251 e. The number of nitrogens with one attached hydrogen (secondary N) is 1. The Morgan fingerprint density at radius 3 is 2.64 bits per heavy atom. The molecule has 0 spiro atoms. The zero-order valence-corrected chi connectivity index (χ0v) is 7.34. The highest BCUT2D eigenvalue weighted by atomic mass is 15.5. The van der Waals surface area contributed by atoms with Gasteiger partial charge in [0.2, 0.25) is 0 Å². The molecule has 1 heterocycles. The quantitative estimate of drug-likeness (QED) is 0.620. The lowest BCUT2D eigenvalue weighted by Crippen LogP contribution is -2.41. The molecule has 0 saturated carbocycles. The first-order valence-corrected chi connectivity index (χ1v) is 4.53. The number of rotatable bonds is 3. The maximum absolute atomic E-state index is 3.37. The van der Waals surface area contributed by atoms with Gasteiger partial charge in [0.05, 0.1) is 0 Å². The summed E-state index contributed by atoms with van der Waals surface area (Å²) in [5.74, 6) is 0. The first-order chi connectivity index (χ1) is 5.43. The van der Waals surface area contributed by atoms with Gasteiger partial charge in [-0.15, -0.1) is 0 Å². The molecular formula is C9H18N2. The Balaban J connectivity index is 2.04. The fourth-order valence-electron chi connectivity index (χ4n) is 1.35. The predicted octanol–water partition coefficient (Wildman–Crippen LogP) is 1.55. The topological polar surface area (TPSA) is 15.3 Å². The van der Waals surface area contributed by atoms with E-state index in [1.807, 2.05) is 0 Å². The summed E-state index contributed by atoms with van der Waals surface area (Å²) < 4.78 is 0. The Morgan fingerprint density at radius 2 is 2.00 bits per heavy atom. The highest BCUT2D eigenvalue weighted by molar-refractivity contribution is 4.79. The van der Waals surface area contributed by atoms with Gasteiger partial charge in [-0.1, -0.05) is 18.6 Å². The molecule has 1 aliphatic rings. The van der Waals surface area contributed by atoms with Gasteiger partial charge in [0.25, 0.3) is 0 Å². The summed E-state index contributed by atoms with van der Waals surface area (Å²) in [7, 11) is 0. The van der Waals surface area contributed by atoms with Crippen molar-refractivity contribution in [2.24, 2.45) is 0 Å². The fourth-order valence-corrected chi connectivity index (χ4v) is 1.35. The van der Waals surface area contributed by atoms with Crippen LogP contribution < -0.4 is 5.43 Å². The number of piperidine rings is 1. The summed E-state index contributed by atoms with van der Waals surface area (Å²) in [6, 6.07) is 0. The number of hydrogen-bond donors (Lipinski definition) is 1. The molecule has 0 radical (unpaired) electrons. The first kappa shape index (κ1) is 8.75. The van der Waals surface area contributed by atoms with E-state index >= 15 is 0 Å². The van der Waals surface area contributed by atoms with E-state index in [1.165, 1.54) is 32.4 Å². The second-order valence-corrected chi connectivity index (χ2v) is 2.98. The van der Waals surface area contributed by atoms with Crippen LogP contribution in [0.4, 0.5) is 0 Å². The van der Waals surface area contributed by atoms with E-state index < -0.39 is 0 Å². The fraction of sp³-hybridized carbons (Fsp3) is 0.778. The zero-order valence-electron chi connectivity index (χ0n) is 7.34. The van der Waals surface area contributed by atoms with Crippen LogP contribution in [0.2, 0.25) is 0 Å². The van der Waals surface area contributed by atoms with Crippen LogP contribution in [0, 0.1) is 0 Å². The minimum atomic E-state index is 0.983. The molecule has 0 atom stereocenters. The number of nitrogens with zero attached hydrogens (tertiary/aromatic N) is 1. The molecule has 1 N–H and O–H groups in total. The van der Waals surface area contributed by atoms with Crippen molar-refractivity contribution >= 4 is 0 Å². The van der Waals surface area contributed by atoms with Crippen molar-refractivity contribution in [1.29, 1.82) is 0 Å². The summed E-state index contributed by atoms with van der Waals surface area (Å²) in [4.78, 5) is 0. The molecule has 1 saturated heterocycles. The molecule has 0 aromatic rings. The largest absolute Gasteiger partial charge is 0.251 e. The van der Waals surface area contributed by atoms with Gasteiger partial charge in [-0.2, -0.15) is 0 Å². The lowest BCUT2D eigenvalue weighted by molar-refractivity contribution is 0.162. The Bertz CT molecular complexity index is 115. The van der Waals surface area contributed by atoms with Crippen LogP contribution in [-0.2, 0) is 0 Å². The standard InChI is InChI=1S/C9H18N2/c1-2-3-7-10-11-8-5-4-6-9-11/h2-3,10H,4-9H2,1H3/b3-2+. The predicted molar refractivity (Wildman–Crippen MR) is 48.2 cm³/mol. The lowest BCUT2D eigenvalue weighted by atomic mass is 10.2. The van der Waals surface area contributed by atoms with E-state index in [-0.39, 0.29) is 0 Å². The van der Waals surface area contributed by atoms with Crippen molar-refractivity contribution in [3.05, 3.63) is 12.2 Å². The third-order valence-corrected chi connectivity index (χ3v) is 2.02. The Hall–Kier alpha value is -0.340. The third-order valence-electron chi connectivity index (χ3n) is 2.02. The second-order valence-electron chi connectivity index (χ2n) is 2.98. The van der Waals surface area contributed by atoms with Crippen LogP contribution in [0.3, 0.4) is 0 Å².